The number of para-hydroxylation sites is 2. The van der Waals surface area contributed by atoms with Crippen LogP contribution in [-0.4, -0.2) is 14.1 Å². The number of hydrogen-bond acceptors (Lipinski definition) is 1. The number of benzene rings is 7. The maximum Gasteiger partial charge on any atom is 0.420 e. The predicted molar refractivity (Wildman–Crippen MR) is 224 cm³/mol. The fourth-order valence-electron chi connectivity index (χ4n) is 8.51. The molecule has 0 N–H and O–H groups in total. The van der Waals surface area contributed by atoms with Gasteiger partial charge in [-0.05, 0) is 108 Å². The minimum Gasteiger partial charge on any atom is -0.309 e. The molecule has 56 heavy (non-hydrogen) atoms. The Kier molecular flexibility index (Phi) is 7.72. The van der Waals surface area contributed by atoms with E-state index in [4.69, 9.17) is 0 Å². The van der Waals surface area contributed by atoms with Crippen LogP contribution in [0.2, 0.25) is 0 Å². The summed E-state index contributed by atoms with van der Waals surface area (Å²) in [6.07, 6.45) is -4.74. The van der Waals surface area contributed by atoms with Crippen molar-refractivity contribution in [1.82, 2.24) is 14.1 Å². The Hall–Kier alpha value is -6.92. The van der Waals surface area contributed by atoms with Crippen LogP contribution in [0.25, 0.3) is 88.4 Å². The van der Waals surface area contributed by atoms with Gasteiger partial charge in [-0.2, -0.15) is 13.2 Å². The molecule has 0 aliphatic heterocycles. The molecule has 10 rings (SSSR count). The number of aromatic nitrogens is 3. The second kappa shape index (κ2) is 12.8. The Balaban J connectivity index is 1.34. The summed E-state index contributed by atoms with van der Waals surface area (Å²) < 4.78 is 52.5. The molecule has 0 amide bonds. The standard InChI is InChI=1S/C50H34F3N3/c1-31-25-37(26-32(2)54-31)38-29-47(55-43-19-11-9-17-39(43)41-27-35(21-23-45(41)55)33-13-5-3-6-14-33)49(50(51,52)53)48(30-38)56-44-20-12-10-18-40(44)42-28-36(22-24-46(42)56)34-15-7-4-8-16-34/h3-30H,1-2H3. The van der Waals surface area contributed by atoms with E-state index in [0.717, 1.165) is 60.8 Å². The zero-order valence-corrected chi connectivity index (χ0v) is 30.6. The van der Waals surface area contributed by atoms with Crippen molar-refractivity contribution in [2.45, 2.75) is 20.0 Å². The highest BCUT2D eigenvalue weighted by molar-refractivity contribution is 6.12. The smallest absolute Gasteiger partial charge is 0.309 e. The lowest BCUT2D eigenvalue weighted by molar-refractivity contribution is -0.137. The summed E-state index contributed by atoms with van der Waals surface area (Å²) in [5.41, 5.74) is 9.28. The zero-order valence-electron chi connectivity index (χ0n) is 30.6. The van der Waals surface area contributed by atoms with E-state index in [-0.39, 0.29) is 11.4 Å². The molecule has 0 aliphatic rings. The normalized spacial score (nSPS) is 12.0. The molecule has 0 saturated carbocycles. The lowest BCUT2D eigenvalue weighted by atomic mass is 9.98. The molecule has 0 atom stereocenters. The van der Waals surface area contributed by atoms with Crippen LogP contribution in [0.3, 0.4) is 0 Å². The number of aryl methyl sites for hydroxylation is 2. The molecule has 3 heterocycles. The molecule has 270 valence electrons. The van der Waals surface area contributed by atoms with Crippen molar-refractivity contribution in [3.05, 3.63) is 187 Å². The first-order valence-corrected chi connectivity index (χ1v) is 18.6. The Labute approximate surface area is 321 Å². The highest BCUT2D eigenvalue weighted by atomic mass is 19.4. The Bertz CT molecular complexity index is 2940. The summed E-state index contributed by atoms with van der Waals surface area (Å²) in [5, 5.41) is 3.51. The molecule has 0 saturated heterocycles. The third kappa shape index (κ3) is 5.48. The maximum atomic E-state index is 16.3. The fraction of sp³-hybridized carbons (Fsp3) is 0.0600. The first kappa shape index (κ1) is 33.6. The minimum absolute atomic E-state index is 0.0580. The molecule has 0 fully saturated rings. The third-order valence-corrected chi connectivity index (χ3v) is 10.8. The van der Waals surface area contributed by atoms with Crippen LogP contribution >= 0.6 is 0 Å². The lowest BCUT2D eigenvalue weighted by Crippen LogP contribution is -2.16. The van der Waals surface area contributed by atoms with Crippen molar-refractivity contribution in [2.75, 3.05) is 0 Å². The number of pyridine rings is 1. The number of fused-ring (bicyclic) bond motifs is 6. The molecule has 10 aromatic rings. The molecule has 0 unspecified atom stereocenters. The van der Waals surface area contributed by atoms with Gasteiger partial charge in [0.25, 0.3) is 0 Å². The van der Waals surface area contributed by atoms with Crippen LogP contribution in [0.4, 0.5) is 13.2 Å². The van der Waals surface area contributed by atoms with Crippen molar-refractivity contribution in [2.24, 2.45) is 0 Å². The highest BCUT2D eigenvalue weighted by Gasteiger charge is 2.39. The molecule has 7 aromatic carbocycles. The summed E-state index contributed by atoms with van der Waals surface area (Å²) in [4.78, 5) is 4.60. The van der Waals surface area contributed by atoms with Crippen molar-refractivity contribution in [3.8, 4) is 44.8 Å². The monoisotopic (exact) mass is 733 g/mol. The van der Waals surface area contributed by atoms with E-state index >= 15 is 13.2 Å². The quantitative estimate of drug-likeness (QED) is 0.173. The lowest BCUT2D eigenvalue weighted by Gasteiger charge is -2.23. The predicted octanol–water partition coefficient (Wildman–Crippen LogP) is 13.9. The molecule has 0 bridgehead atoms. The Morgan fingerprint density at radius 1 is 0.375 bits per heavy atom. The number of alkyl halides is 3. The van der Waals surface area contributed by atoms with Gasteiger partial charge in [0.15, 0.2) is 0 Å². The van der Waals surface area contributed by atoms with Crippen molar-refractivity contribution < 1.29 is 13.2 Å². The Morgan fingerprint density at radius 3 is 1.21 bits per heavy atom. The molecular formula is C50H34F3N3. The average molecular weight is 734 g/mol. The van der Waals surface area contributed by atoms with Gasteiger partial charge in [0.2, 0.25) is 0 Å². The topological polar surface area (TPSA) is 22.8 Å². The SMILES string of the molecule is Cc1cc(-c2cc(-n3c4ccccc4c4cc(-c5ccccc5)ccc43)c(C(F)(F)F)c(-n3c4ccccc4c4cc(-c5ccccc5)ccc43)c2)cc(C)n1. The van der Waals surface area contributed by atoms with Crippen LogP contribution in [0.5, 0.6) is 0 Å². The molecule has 0 spiro atoms. The van der Waals surface area contributed by atoms with E-state index in [1.54, 1.807) is 21.3 Å². The summed E-state index contributed by atoms with van der Waals surface area (Å²) in [6, 6.07) is 55.0. The van der Waals surface area contributed by atoms with Gasteiger partial charge in [-0.15, -0.1) is 0 Å². The van der Waals surface area contributed by atoms with Crippen molar-refractivity contribution >= 4 is 43.6 Å². The number of halogens is 3. The second-order valence-electron chi connectivity index (χ2n) is 14.4. The molecule has 0 aliphatic carbocycles. The van der Waals surface area contributed by atoms with Crippen molar-refractivity contribution in [3.63, 3.8) is 0 Å². The van der Waals surface area contributed by atoms with Gasteiger partial charge in [-0.1, -0.05) is 109 Å². The molecular weight excluding hydrogens is 700 g/mol. The zero-order chi connectivity index (χ0) is 38.1. The van der Waals surface area contributed by atoms with Gasteiger partial charge in [0.05, 0.1) is 33.4 Å². The van der Waals surface area contributed by atoms with Crippen LogP contribution in [0.15, 0.2) is 170 Å². The summed E-state index contributed by atoms with van der Waals surface area (Å²) in [5.74, 6) is 0. The van der Waals surface area contributed by atoms with Crippen LogP contribution < -0.4 is 0 Å². The largest absolute Gasteiger partial charge is 0.420 e. The Morgan fingerprint density at radius 2 is 0.768 bits per heavy atom. The van der Waals surface area contributed by atoms with E-state index in [1.165, 1.54) is 0 Å². The van der Waals surface area contributed by atoms with E-state index in [1.807, 2.05) is 159 Å². The van der Waals surface area contributed by atoms with Crippen LogP contribution in [-0.2, 0) is 6.18 Å². The van der Waals surface area contributed by atoms with Gasteiger partial charge in [0.1, 0.15) is 5.56 Å². The van der Waals surface area contributed by atoms with Gasteiger partial charge < -0.3 is 9.13 Å². The maximum absolute atomic E-state index is 16.3. The molecule has 3 aromatic heterocycles. The van der Waals surface area contributed by atoms with Gasteiger partial charge >= 0.3 is 6.18 Å². The summed E-state index contributed by atoms with van der Waals surface area (Å²) >= 11 is 0. The average Bonchev–Trinajstić information content (AvgIpc) is 3.72. The first-order valence-electron chi connectivity index (χ1n) is 18.6. The third-order valence-electron chi connectivity index (χ3n) is 10.8. The molecule has 0 radical (unpaired) electrons. The second-order valence-corrected chi connectivity index (χ2v) is 14.4. The van der Waals surface area contributed by atoms with Gasteiger partial charge in [0, 0.05) is 32.9 Å². The van der Waals surface area contributed by atoms with E-state index in [2.05, 4.69) is 17.1 Å². The molecule has 6 heteroatoms. The van der Waals surface area contributed by atoms with Gasteiger partial charge in [-0.25, -0.2) is 0 Å². The first-order chi connectivity index (χ1) is 27.2. The van der Waals surface area contributed by atoms with Crippen LogP contribution in [0.1, 0.15) is 17.0 Å². The highest BCUT2D eigenvalue weighted by Crippen LogP contribution is 2.47. The number of hydrogen-bond donors (Lipinski definition) is 0. The van der Waals surface area contributed by atoms with Crippen LogP contribution in [0, 0.1) is 13.8 Å². The number of nitrogens with zero attached hydrogens (tertiary/aromatic N) is 3. The molecule has 3 nitrogen and oxygen atoms in total. The van der Waals surface area contributed by atoms with E-state index in [9.17, 15) is 0 Å². The fourth-order valence-corrected chi connectivity index (χ4v) is 8.51. The summed E-state index contributed by atoms with van der Waals surface area (Å²) in [6.45, 7) is 3.83. The van der Waals surface area contributed by atoms with E-state index in [0.29, 0.717) is 27.6 Å². The van der Waals surface area contributed by atoms with Gasteiger partial charge in [-0.3, -0.25) is 4.98 Å². The van der Waals surface area contributed by atoms with E-state index < -0.39 is 11.7 Å². The van der Waals surface area contributed by atoms with Crippen molar-refractivity contribution in [1.29, 1.82) is 0 Å². The minimum atomic E-state index is -4.74. The number of rotatable bonds is 5. The summed E-state index contributed by atoms with van der Waals surface area (Å²) in [7, 11) is 0.